The SMILES string of the molecule is O=C(O)C(Nc1ccc(Cl)c(Br)c1)C1CCCO1. The number of hydrogen-bond donors (Lipinski definition) is 2. The highest BCUT2D eigenvalue weighted by Crippen LogP contribution is 2.27. The second-order valence-corrected chi connectivity index (χ2v) is 5.40. The molecule has 1 saturated heterocycles. The average Bonchev–Trinajstić information content (AvgIpc) is 2.83. The Morgan fingerprint density at radius 2 is 2.39 bits per heavy atom. The molecule has 1 aromatic rings. The molecule has 2 unspecified atom stereocenters. The van der Waals surface area contributed by atoms with Gasteiger partial charge in [0.25, 0.3) is 0 Å². The first-order valence-electron chi connectivity index (χ1n) is 5.64. The van der Waals surface area contributed by atoms with Gasteiger partial charge in [0.15, 0.2) is 6.04 Å². The number of benzene rings is 1. The molecule has 0 aromatic heterocycles. The van der Waals surface area contributed by atoms with Gasteiger partial charge in [-0.3, -0.25) is 0 Å². The molecule has 0 bridgehead atoms. The van der Waals surface area contributed by atoms with Crippen LogP contribution in [0.15, 0.2) is 22.7 Å². The largest absolute Gasteiger partial charge is 0.480 e. The van der Waals surface area contributed by atoms with Crippen LogP contribution in [0.2, 0.25) is 5.02 Å². The summed E-state index contributed by atoms with van der Waals surface area (Å²) >= 11 is 9.20. The monoisotopic (exact) mass is 333 g/mol. The number of carbonyl (C=O) groups is 1. The van der Waals surface area contributed by atoms with Crippen LogP contribution in [-0.2, 0) is 9.53 Å². The van der Waals surface area contributed by atoms with Crippen LogP contribution in [0.5, 0.6) is 0 Å². The van der Waals surface area contributed by atoms with Crippen LogP contribution in [-0.4, -0.2) is 29.8 Å². The summed E-state index contributed by atoms with van der Waals surface area (Å²) in [5.41, 5.74) is 0.703. The maximum Gasteiger partial charge on any atom is 0.328 e. The number of ether oxygens (including phenoxy) is 1. The Bertz CT molecular complexity index is 449. The van der Waals surface area contributed by atoms with Crippen molar-refractivity contribution in [3.63, 3.8) is 0 Å². The summed E-state index contributed by atoms with van der Waals surface area (Å²) in [5, 5.41) is 12.8. The Morgan fingerprint density at radius 1 is 1.61 bits per heavy atom. The van der Waals surface area contributed by atoms with E-state index in [1.807, 2.05) is 0 Å². The molecule has 1 heterocycles. The number of carboxylic acid groups (broad SMARTS) is 1. The molecule has 1 aliphatic heterocycles. The molecule has 6 heteroatoms. The molecule has 0 radical (unpaired) electrons. The van der Waals surface area contributed by atoms with Crippen molar-refractivity contribution >= 4 is 39.2 Å². The topological polar surface area (TPSA) is 58.6 Å². The Kier molecular flexibility index (Phi) is 4.48. The number of hydrogen-bond acceptors (Lipinski definition) is 3. The van der Waals surface area contributed by atoms with Crippen molar-refractivity contribution in [3.05, 3.63) is 27.7 Å². The lowest BCUT2D eigenvalue weighted by Crippen LogP contribution is -2.40. The van der Waals surface area contributed by atoms with E-state index in [-0.39, 0.29) is 6.10 Å². The van der Waals surface area contributed by atoms with Crippen molar-refractivity contribution in [2.24, 2.45) is 0 Å². The van der Waals surface area contributed by atoms with Crippen LogP contribution >= 0.6 is 27.5 Å². The van der Waals surface area contributed by atoms with Crippen LogP contribution in [0.1, 0.15) is 12.8 Å². The van der Waals surface area contributed by atoms with Crippen molar-refractivity contribution in [2.75, 3.05) is 11.9 Å². The van der Waals surface area contributed by atoms with Gasteiger partial charge >= 0.3 is 5.97 Å². The van der Waals surface area contributed by atoms with E-state index < -0.39 is 12.0 Å². The summed E-state index contributed by atoms with van der Waals surface area (Å²) in [7, 11) is 0. The van der Waals surface area contributed by atoms with E-state index in [4.69, 9.17) is 16.3 Å². The minimum Gasteiger partial charge on any atom is -0.480 e. The molecule has 0 spiro atoms. The quantitative estimate of drug-likeness (QED) is 0.888. The summed E-state index contributed by atoms with van der Waals surface area (Å²) in [6.45, 7) is 0.625. The molecule has 0 saturated carbocycles. The zero-order chi connectivity index (χ0) is 13.1. The summed E-state index contributed by atoms with van der Waals surface area (Å²) in [6, 6.07) is 4.48. The Balaban J connectivity index is 2.12. The fourth-order valence-corrected chi connectivity index (χ4v) is 2.44. The van der Waals surface area contributed by atoms with Gasteiger partial charge in [-0.15, -0.1) is 0 Å². The third-order valence-corrected chi connectivity index (χ3v) is 4.06. The van der Waals surface area contributed by atoms with Gasteiger partial charge in [0.1, 0.15) is 0 Å². The second-order valence-electron chi connectivity index (χ2n) is 4.14. The lowest BCUT2D eigenvalue weighted by atomic mass is 10.1. The predicted octanol–water partition coefficient (Wildman–Crippen LogP) is 3.15. The number of anilines is 1. The van der Waals surface area contributed by atoms with Crippen molar-refractivity contribution in [2.45, 2.75) is 25.0 Å². The van der Waals surface area contributed by atoms with Crippen LogP contribution < -0.4 is 5.32 Å². The Labute approximate surface area is 118 Å². The van der Waals surface area contributed by atoms with Gasteiger partial charge in [0.2, 0.25) is 0 Å². The third-order valence-electron chi connectivity index (χ3n) is 2.84. The van der Waals surface area contributed by atoms with Crippen molar-refractivity contribution in [1.29, 1.82) is 0 Å². The smallest absolute Gasteiger partial charge is 0.328 e. The zero-order valence-electron chi connectivity index (χ0n) is 9.53. The van der Waals surface area contributed by atoms with Crippen molar-refractivity contribution < 1.29 is 14.6 Å². The highest BCUT2D eigenvalue weighted by atomic mass is 79.9. The van der Waals surface area contributed by atoms with E-state index in [1.165, 1.54) is 0 Å². The molecule has 1 aliphatic rings. The standard InChI is InChI=1S/C12H13BrClNO3/c13-8-6-7(3-4-9(8)14)15-11(12(16)17)10-2-1-5-18-10/h3-4,6,10-11,15H,1-2,5H2,(H,16,17). The molecule has 0 amide bonds. The fraction of sp³-hybridized carbons (Fsp3) is 0.417. The molecule has 98 valence electrons. The summed E-state index contributed by atoms with van der Waals surface area (Å²) < 4.78 is 6.15. The first-order valence-corrected chi connectivity index (χ1v) is 6.81. The van der Waals surface area contributed by atoms with Crippen LogP contribution in [0.25, 0.3) is 0 Å². The van der Waals surface area contributed by atoms with E-state index in [9.17, 15) is 9.90 Å². The Hall–Kier alpha value is -0.780. The summed E-state index contributed by atoms with van der Waals surface area (Å²) in [6.07, 6.45) is 1.39. The first kappa shape index (κ1) is 13.6. The lowest BCUT2D eigenvalue weighted by molar-refractivity contribution is -0.140. The molecule has 4 nitrogen and oxygen atoms in total. The van der Waals surface area contributed by atoms with Gasteiger partial charge in [0, 0.05) is 16.8 Å². The van der Waals surface area contributed by atoms with Gasteiger partial charge < -0.3 is 15.2 Å². The van der Waals surface area contributed by atoms with Gasteiger partial charge in [-0.1, -0.05) is 11.6 Å². The van der Waals surface area contributed by atoms with Crippen molar-refractivity contribution in [1.82, 2.24) is 0 Å². The highest BCUT2D eigenvalue weighted by molar-refractivity contribution is 9.10. The van der Waals surface area contributed by atoms with Crippen LogP contribution in [0, 0.1) is 0 Å². The highest BCUT2D eigenvalue weighted by Gasteiger charge is 2.31. The number of aliphatic carboxylic acids is 1. The summed E-state index contributed by atoms with van der Waals surface area (Å²) in [5.74, 6) is -0.909. The molecule has 2 N–H and O–H groups in total. The predicted molar refractivity (Wildman–Crippen MR) is 73.2 cm³/mol. The van der Waals surface area contributed by atoms with Gasteiger partial charge in [0.05, 0.1) is 11.1 Å². The molecule has 0 aliphatic carbocycles. The minimum absolute atomic E-state index is 0.281. The molecular weight excluding hydrogens is 321 g/mol. The fourth-order valence-electron chi connectivity index (χ4n) is 1.94. The van der Waals surface area contributed by atoms with Crippen LogP contribution in [0.4, 0.5) is 5.69 Å². The molecule has 1 aromatic carbocycles. The molecule has 2 rings (SSSR count). The Morgan fingerprint density at radius 3 is 2.94 bits per heavy atom. The number of carboxylic acids is 1. The number of halogens is 2. The maximum atomic E-state index is 11.3. The van der Waals surface area contributed by atoms with Crippen molar-refractivity contribution in [3.8, 4) is 0 Å². The van der Waals surface area contributed by atoms with Crippen LogP contribution in [0.3, 0.4) is 0 Å². The number of nitrogens with one attached hydrogen (secondary N) is 1. The van der Waals surface area contributed by atoms with E-state index in [0.29, 0.717) is 17.3 Å². The molecule has 2 atom stereocenters. The van der Waals surface area contributed by atoms with E-state index >= 15 is 0 Å². The van der Waals surface area contributed by atoms with Gasteiger partial charge in [-0.05, 0) is 47.0 Å². The zero-order valence-corrected chi connectivity index (χ0v) is 11.9. The summed E-state index contributed by atoms with van der Waals surface area (Å²) in [4.78, 5) is 11.3. The van der Waals surface area contributed by atoms with E-state index in [2.05, 4.69) is 21.2 Å². The normalized spacial score (nSPS) is 20.7. The minimum atomic E-state index is -0.909. The maximum absolute atomic E-state index is 11.3. The first-order chi connectivity index (χ1) is 8.58. The molecular formula is C12H13BrClNO3. The third kappa shape index (κ3) is 3.16. The average molecular weight is 335 g/mol. The lowest BCUT2D eigenvalue weighted by Gasteiger charge is -2.21. The molecule has 1 fully saturated rings. The van der Waals surface area contributed by atoms with E-state index in [1.54, 1.807) is 18.2 Å². The van der Waals surface area contributed by atoms with E-state index in [0.717, 1.165) is 17.3 Å². The number of rotatable bonds is 4. The molecule has 18 heavy (non-hydrogen) atoms. The van der Waals surface area contributed by atoms with Gasteiger partial charge in [-0.2, -0.15) is 0 Å². The second kappa shape index (κ2) is 5.91. The van der Waals surface area contributed by atoms with Gasteiger partial charge in [-0.25, -0.2) is 4.79 Å².